The number of nitrogens with zero attached hydrogens (tertiary/aromatic N) is 2. The maximum atomic E-state index is 14.1. The molecular weight excluding hydrogens is 580 g/mol. The molecule has 0 radical (unpaired) electrons. The number of anilines is 2. The highest BCUT2D eigenvalue weighted by atomic mass is 79.9. The lowest BCUT2D eigenvalue weighted by molar-refractivity contribution is -0.113. The first kappa shape index (κ1) is 25.0. The molecule has 194 valence electrons. The van der Waals surface area contributed by atoms with Gasteiger partial charge in [0.15, 0.2) is 4.80 Å². The lowest BCUT2D eigenvalue weighted by atomic mass is 9.95. The van der Waals surface area contributed by atoms with E-state index in [1.165, 1.54) is 4.57 Å². The summed E-state index contributed by atoms with van der Waals surface area (Å²) in [4.78, 5) is 46.0. The summed E-state index contributed by atoms with van der Waals surface area (Å²) in [5.74, 6) is -0.144. The van der Waals surface area contributed by atoms with E-state index in [4.69, 9.17) is 4.74 Å². The van der Waals surface area contributed by atoms with Gasteiger partial charge in [0.2, 0.25) is 0 Å². The first-order valence-electron chi connectivity index (χ1n) is 12.0. The Labute approximate surface area is 235 Å². The van der Waals surface area contributed by atoms with Gasteiger partial charge in [0.1, 0.15) is 10.3 Å². The maximum absolute atomic E-state index is 14.1. The van der Waals surface area contributed by atoms with Crippen LogP contribution in [0.15, 0.2) is 98.3 Å². The zero-order valence-corrected chi connectivity index (χ0v) is 23.2. The fraction of sp³-hybridized carbons (Fsp3) is 0.103. The van der Waals surface area contributed by atoms with Crippen LogP contribution in [0.3, 0.4) is 0 Å². The predicted molar refractivity (Wildman–Crippen MR) is 154 cm³/mol. The molecule has 3 heterocycles. The summed E-state index contributed by atoms with van der Waals surface area (Å²) in [5, 5.41) is 5.78. The summed E-state index contributed by atoms with van der Waals surface area (Å²) in [6, 6.07) is 21.0. The number of ether oxygens (including phenoxy) is 1. The molecule has 2 aliphatic heterocycles. The van der Waals surface area contributed by atoms with Crippen molar-refractivity contribution in [3.8, 4) is 5.75 Å². The molecule has 10 heteroatoms. The summed E-state index contributed by atoms with van der Waals surface area (Å²) in [5.41, 5.74) is 3.26. The van der Waals surface area contributed by atoms with Gasteiger partial charge in [-0.05, 0) is 55.0 Å². The van der Waals surface area contributed by atoms with Crippen molar-refractivity contribution in [3.05, 3.63) is 119 Å². The fourth-order valence-electron chi connectivity index (χ4n) is 4.87. The third-order valence-corrected chi connectivity index (χ3v) is 8.18. The minimum atomic E-state index is -0.791. The third kappa shape index (κ3) is 4.31. The molecule has 6 rings (SSSR count). The highest BCUT2D eigenvalue weighted by molar-refractivity contribution is 9.10. The summed E-state index contributed by atoms with van der Waals surface area (Å²) >= 11 is 4.59. The number of para-hydroxylation sites is 1. The van der Waals surface area contributed by atoms with Crippen LogP contribution in [-0.4, -0.2) is 23.5 Å². The number of rotatable bonds is 4. The van der Waals surface area contributed by atoms with Gasteiger partial charge in [0.05, 0.1) is 30.0 Å². The number of thiazole rings is 1. The van der Waals surface area contributed by atoms with Crippen molar-refractivity contribution in [2.24, 2.45) is 4.99 Å². The first-order valence-corrected chi connectivity index (χ1v) is 13.6. The van der Waals surface area contributed by atoms with Crippen LogP contribution in [0.2, 0.25) is 0 Å². The molecule has 2 N–H and O–H groups in total. The number of carbonyl (C=O) groups is 2. The molecular formula is C29H21BrN4O4S. The smallest absolute Gasteiger partial charge is 0.271 e. The predicted octanol–water partition coefficient (Wildman–Crippen LogP) is 3.97. The molecule has 0 saturated heterocycles. The Kier molecular flexibility index (Phi) is 6.28. The molecule has 1 aromatic heterocycles. The summed E-state index contributed by atoms with van der Waals surface area (Å²) in [6.45, 7) is 1.75. The highest BCUT2D eigenvalue weighted by Gasteiger charge is 2.34. The van der Waals surface area contributed by atoms with Crippen LogP contribution in [0.4, 0.5) is 11.4 Å². The van der Waals surface area contributed by atoms with E-state index in [0.717, 1.165) is 15.8 Å². The Morgan fingerprint density at radius 1 is 1.08 bits per heavy atom. The van der Waals surface area contributed by atoms with Crippen molar-refractivity contribution in [3.63, 3.8) is 0 Å². The molecule has 0 fully saturated rings. The van der Waals surface area contributed by atoms with Gasteiger partial charge < -0.3 is 15.4 Å². The number of carbonyl (C=O) groups excluding carboxylic acids is 2. The molecule has 2 amide bonds. The van der Waals surface area contributed by atoms with Crippen LogP contribution in [0.5, 0.6) is 5.75 Å². The Balaban J connectivity index is 1.60. The highest BCUT2D eigenvalue weighted by Crippen LogP contribution is 2.34. The van der Waals surface area contributed by atoms with Crippen LogP contribution < -0.4 is 30.3 Å². The van der Waals surface area contributed by atoms with Gasteiger partial charge in [0, 0.05) is 21.4 Å². The molecule has 39 heavy (non-hydrogen) atoms. The number of aromatic nitrogens is 1. The number of hydrogen-bond donors (Lipinski definition) is 2. The molecule has 4 aromatic rings. The topological polar surface area (TPSA) is 102 Å². The van der Waals surface area contributed by atoms with Crippen LogP contribution in [0, 0.1) is 0 Å². The lowest BCUT2D eigenvalue weighted by Gasteiger charge is -2.25. The maximum Gasteiger partial charge on any atom is 0.271 e. The van der Waals surface area contributed by atoms with Crippen molar-refractivity contribution < 1.29 is 14.3 Å². The van der Waals surface area contributed by atoms with Gasteiger partial charge in [-0.1, -0.05) is 57.6 Å². The Morgan fingerprint density at radius 2 is 1.87 bits per heavy atom. The van der Waals surface area contributed by atoms with E-state index in [2.05, 4.69) is 31.6 Å². The molecule has 0 bridgehead atoms. The standard InChI is InChI=1S/C29H21BrN4O4S/c1-15-22(26(35)32-18-8-4-3-5-9-18)24(16-7-6-10-19(13-16)38-2)34-28(37)25(39-29(34)31-15)23-20-14-17(30)11-12-21(20)33-27(23)36/h3-14,24H,1-2H3,(H,32,35)(H,33,36)/b25-23-/t24-/m0/s1. The van der Waals surface area contributed by atoms with Gasteiger partial charge in [0.25, 0.3) is 17.4 Å². The van der Waals surface area contributed by atoms with Crippen molar-refractivity contribution in [1.82, 2.24) is 4.57 Å². The molecule has 0 aliphatic carbocycles. The third-order valence-electron chi connectivity index (χ3n) is 6.64. The van der Waals surface area contributed by atoms with Crippen LogP contribution in [0.1, 0.15) is 24.1 Å². The molecule has 8 nitrogen and oxygen atoms in total. The second kappa shape index (κ2) is 9.79. The van der Waals surface area contributed by atoms with E-state index >= 15 is 0 Å². The quantitative estimate of drug-likeness (QED) is 0.370. The summed E-state index contributed by atoms with van der Waals surface area (Å²) in [7, 11) is 1.56. The zero-order chi connectivity index (χ0) is 27.3. The van der Waals surface area contributed by atoms with E-state index in [1.807, 2.05) is 42.5 Å². The normalized spacial score (nSPS) is 17.2. The Hall–Kier alpha value is -4.28. The Morgan fingerprint density at radius 3 is 2.64 bits per heavy atom. The molecule has 0 spiro atoms. The molecule has 0 unspecified atom stereocenters. The number of benzene rings is 3. The van der Waals surface area contributed by atoms with Gasteiger partial charge in [-0.3, -0.25) is 19.0 Å². The van der Waals surface area contributed by atoms with Crippen LogP contribution >= 0.6 is 27.3 Å². The van der Waals surface area contributed by atoms with E-state index in [9.17, 15) is 14.4 Å². The summed E-state index contributed by atoms with van der Waals surface area (Å²) < 4.78 is 7.99. The molecule has 0 saturated carbocycles. The fourth-order valence-corrected chi connectivity index (χ4v) is 6.38. The number of amides is 2. The SMILES string of the molecule is COc1cccc([C@H]2C(C(=O)Nc3ccccc3)=C(C)N=c3s/c(=C4\C(=O)Nc5ccc(Br)cc54)c(=O)n32)c1. The van der Waals surface area contributed by atoms with E-state index in [0.29, 0.717) is 44.3 Å². The molecule has 1 atom stereocenters. The summed E-state index contributed by atoms with van der Waals surface area (Å²) in [6.07, 6.45) is 0. The lowest BCUT2D eigenvalue weighted by Crippen LogP contribution is -2.41. The van der Waals surface area contributed by atoms with Gasteiger partial charge in [-0.25, -0.2) is 4.99 Å². The van der Waals surface area contributed by atoms with Crippen molar-refractivity contribution in [2.75, 3.05) is 17.7 Å². The monoisotopic (exact) mass is 600 g/mol. The molecule has 3 aromatic carbocycles. The van der Waals surface area contributed by atoms with Crippen LogP contribution in [0.25, 0.3) is 5.57 Å². The largest absolute Gasteiger partial charge is 0.497 e. The minimum absolute atomic E-state index is 0.258. The van der Waals surface area contributed by atoms with Crippen molar-refractivity contribution in [1.29, 1.82) is 0 Å². The van der Waals surface area contributed by atoms with Gasteiger partial charge >= 0.3 is 0 Å². The minimum Gasteiger partial charge on any atom is -0.497 e. The second-order valence-electron chi connectivity index (χ2n) is 9.02. The number of halogens is 1. The van der Waals surface area contributed by atoms with Gasteiger partial charge in [-0.15, -0.1) is 0 Å². The van der Waals surface area contributed by atoms with Gasteiger partial charge in [-0.2, -0.15) is 0 Å². The van der Waals surface area contributed by atoms with E-state index in [1.54, 1.807) is 44.4 Å². The molecule has 2 aliphatic rings. The average molecular weight is 601 g/mol. The first-order chi connectivity index (χ1) is 18.9. The number of allylic oxidation sites excluding steroid dienone is 1. The average Bonchev–Trinajstić information content (AvgIpc) is 3.42. The Bertz CT molecular complexity index is 1890. The van der Waals surface area contributed by atoms with Crippen molar-refractivity contribution >= 4 is 56.0 Å². The number of nitrogens with one attached hydrogen (secondary N) is 2. The van der Waals surface area contributed by atoms with E-state index < -0.39 is 11.6 Å². The van der Waals surface area contributed by atoms with Crippen LogP contribution in [-0.2, 0) is 9.59 Å². The number of fused-ring (bicyclic) bond motifs is 2. The zero-order valence-electron chi connectivity index (χ0n) is 20.8. The number of methoxy groups -OCH3 is 1. The number of hydrogen-bond acceptors (Lipinski definition) is 6. The van der Waals surface area contributed by atoms with Crippen molar-refractivity contribution in [2.45, 2.75) is 13.0 Å². The van der Waals surface area contributed by atoms with E-state index in [-0.39, 0.29) is 21.9 Å². The second-order valence-corrected chi connectivity index (χ2v) is 10.9.